The molecule has 5 rings (SSSR count). The van der Waals surface area contributed by atoms with E-state index in [1.807, 2.05) is 0 Å². The lowest BCUT2D eigenvalue weighted by atomic mass is 9.74. The molecule has 2 aromatic carbocycles. The molecule has 2 aliphatic rings. The van der Waals surface area contributed by atoms with Crippen molar-refractivity contribution in [3.05, 3.63) is 82.7 Å². The van der Waals surface area contributed by atoms with Crippen molar-refractivity contribution in [3.63, 3.8) is 0 Å². The third-order valence-corrected chi connectivity index (χ3v) is 5.27. The van der Waals surface area contributed by atoms with Crippen molar-refractivity contribution >= 4 is 12.2 Å². The van der Waals surface area contributed by atoms with Crippen molar-refractivity contribution in [2.24, 2.45) is 0 Å². The summed E-state index contributed by atoms with van der Waals surface area (Å²) in [5.74, 6) is 0. The summed E-state index contributed by atoms with van der Waals surface area (Å²) >= 11 is 0. The monoisotopic (exact) mass is 340 g/mol. The molecule has 2 aliphatic carbocycles. The van der Waals surface area contributed by atoms with E-state index in [9.17, 15) is 0 Å². The van der Waals surface area contributed by atoms with E-state index in [4.69, 9.17) is 0 Å². The molecule has 2 nitrogen and oxygen atoms in total. The minimum atomic E-state index is 0.115. The van der Waals surface area contributed by atoms with Crippen LogP contribution in [0.25, 0.3) is 23.3 Å². The molecule has 2 heteroatoms. The van der Waals surface area contributed by atoms with Crippen molar-refractivity contribution in [1.29, 1.82) is 0 Å². The fourth-order valence-corrected chi connectivity index (χ4v) is 4.04. The largest absolute Gasteiger partial charge is 0.262 e. The van der Waals surface area contributed by atoms with Crippen LogP contribution in [0.3, 0.4) is 0 Å². The molecule has 0 N–H and O–H groups in total. The van der Waals surface area contributed by atoms with Crippen molar-refractivity contribution in [1.82, 2.24) is 9.97 Å². The molecule has 0 fully saturated rings. The fraction of sp³-hybridized carbons (Fsp3) is 0.250. The first-order valence-corrected chi connectivity index (χ1v) is 9.32. The smallest absolute Gasteiger partial charge is 0.0451 e. The minimum Gasteiger partial charge on any atom is -0.262 e. The Bertz CT molecular complexity index is 1010. The molecular weight excluding hydrogens is 316 g/mol. The lowest BCUT2D eigenvalue weighted by Crippen LogP contribution is -2.37. The maximum atomic E-state index is 3.72. The third-order valence-electron chi connectivity index (χ3n) is 5.27. The maximum absolute atomic E-state index is 3.72. The number of aromatic nitrogens is 2. The summed E-state index contributed by atoms with van der Waals surface area (Å²) < 4.78 is 0. The lowest BCUT2D eigenvalue weighted by molar-refractivity contribution is 0.707. The normalized spacial score (nSPS) is 15.8. The molecule has 0 aliphatic heterocycles. The van der Waals surface area contributed by atoms with Crippen LogP contribution in [0, 0.1) is 0 Å². The molecule has 0 radical (unpaired) electrons. The van der Waals surface area contributed by atoms with Gasteiger partial charge in [-0.25, -0.2) is 0 Å². The van der Waals surface area contributed by atoms with Gasteiger partial charge < -0.3 is 0 Å². The Morgan fingerprint density at radius 2 is 1.54 bits per heavy atom. The summed E-state index contributed by atoms with van der Waals surface area (Å²) in [6, 6.07) is 13.5. The molecule has 1 aromatic heterocycles. The van der Waals surface area contributed by atoms with Crippen molar-refractivity contribution in [2.45, 2.75) is 38.5 Å². The summed E-state index contributed by atoms with van der Waals surface area (Å²) in [5, 5.41) is 2.96. The van der Waals surface area contributed by atoms with E-state index in [-0.39, 0.29) is 5.41 Å². The topological polar surface area (TPSA) is 25.8 Å². The van der Waals surface area contributed by atoms with Crippen molar-refractivity contribution < 1.29 is 0 Å². The van der Waals surface area contributed by atoms with E-state index in [2.05, 4.69) is 72.4 Å². The maximum Gasteiger partial charge on any atom is 0.0451 e. The van der Waals surface area contributed by atoms with Crippen LogP contribution in [0.15, 0.2) is 61.2 Å². The van der Waals surface area contributed by atoms with E-state index in [1.54, 1.807) is 24.8 Å². The Labute approximate surface area is 155 Å². The van der Waals surface area contributed by atoms with Gasteiger partial charge in [0.05, 0.1) is 0 Å². The minimum absolute atomic E-state index is 0.115. The molecule has 0 amide bonds. The van der Waals surface area contributed by atoms with Crippen LogP contribution in [-0.4, -0.2) is 9.97 Å². The highest BCUT2D eigenvalue weighted by molar-refractivity contribution is 5.77. The van der Waals surface area contributed by atoms with E-state index in [1.165, 1.54) is 52.0 Å². The number of fused-ring (bicyclic) bond motifs is 5. The molecule has 3 aromatic rings. The van der Waals surface area contributed by atoms with Gasteiger partial charge in [0.2, 0.25) is 0 Å². The molecule has 0 atom stereocenters. The molecule has 26 heavy (non-hydrogen) atoms. The van der Waals surface area contributed by atoms with Crippen molar-refractivity contribution in [3.8, 4) is 11.1 Å². The van der Waals surface area contributed by atoms with Gasteiger partial charge in [-0.3, -0.25) is 9.97 Å². The van der Waals surface area contributed by atoms with Gasteiger partial charge in [0.15, 0.2) is 0 Å². The number of nitrogens with zero attached hydrogens (tertiary/aromatic N) is 2. The second kappa shape index (κ2) is 6.87. The predicted molar refractivity (Wildman–Crippen MR) is 108 cm³/mol. The quantitative estimate of drug-likeness (QED) is 0.618. The highest BCUT2D eigenvalue weighted by Crippen LogP contribution is 2.36. The molecule has 0 bridgehead atoms. The Balaban J connectivity index is 0.000000240. The molecule has 130 valence electrons. The second-order valence-corrected chi connectivity index (χ2v) is 7.50. The van der Waals surface area contributed by atoms with Crippen molar-refractivity contribution in [2.75, 3.05) is 0 Å². The molecule has 0 unspecified atom stereocenters. The van der Waals surface area contributed by atoms with E-state index in [0.29, 0.717) is 0 Å². The fourth-order valence-electron chi connectivity index (χ4n) is 4.04. The predicted octanol–water partition coefficient (Wildman–Crippen LogP) is 4.02. The Morgan fingerprint density at radius 1 is 0.808 bits per heavy atom. The van der Waals surface area contributed by atoms with Gasteiger partial charge in [0, 0.05) is 30.2 Å². The number of hydrogen-bond acceptors (Lipinski definition) is 2. The zero-order chi connectivity index (χ0) is 18.0. The standard InChI is InChI=1S/C20H20.C4H4N2/c1-20(2)13-18-15-8-4-3-7-14(15)11-12-16(18)17-9-5-6-10-19(17)20;1-2-6-4-3-5-1/h5-6,8-13H,3-4,7H2,1-2H3;1-4H. The first kappa shape index (κ1) is 16.7. The highest BCUT2D eigenvalue weighted by atomic mass is 14.7. The van der Waals surface area contributed by atoms with Gasteiger partial charge in [0.1, 0.15) is 0 Å². The van der Waals surface area contributed by atoms with Crippen LogP contribution in [0.2, 0.25) is 0 Å². The zero-order valence-electron chi connectivity index (χ0n) is 15.4. The van der Waals surface area contributed by atoms with Gasteiger partial charge >= 0.3 is 0 Å². The highest BCUT2D eigenvalue weighted by Gasteiger charge is 2.26. The Hall–Kier alpha value is -2.74. The van der Waals surface area contributed by atoms with Crippen LogP contribution in [0.1, 0.15) is 37.8 Å². The summed E-state index contributed by atoms with van der Waals surface area (Å²) in [5.41, 5.74) is 5.92. The average molecular weight is 340 g/mol. The van der Waals surface area contributed by atoms with Gasteiger partial charge in [-0.05, 0) is 52.0 Å². The summed E-state index contributed by atoms with van der Waals surface area (Å²) in [6.07, 6.45) is 15.2. The SMILES string of the molecule is CC1(C)C=c2c(ccc3c2=CCCC3)-c2ccccc21.c1cnccn1. The molecule has 0 saturated heterocycles. The lowest BCUT2D eigenvalue weighted by Gasteiger charge is -2.29. The van der Waals surface area contributed by atoms with Crippen LogP contribution in [0.4, 0.5) is 0 Å². The number of aryl methyl sites for hydroxylation is 1. The van der Waals surface area contributed by atoms with E-state index < -0.39 is 0 Å². The summed E-state index contributed by atoms with van der Waals surface area (Å²) in [4.78, 5) is 7.44. The third kappa shape index (κ3) is 3.08. The van der Waals surface area contributed by atoms with Crippen LogP contribution >= 0.6 is 0 Å². The molecule has 1 heterocycles. The second-order valence-electron chi connectivity index (χ2n) is 7.50. The number of benzene rings is 2. The number of hydrogen-bond donors (Lipinski definition) is 0. The molecular formula is C24H24N2. The molecule has 0 spiro atoms. The summed E-state index contributed by atoms with van der Waals surface area (Å²) in [7, 11) is 0. The van der Waals surface area contributed by atoms with Crippen LogP contribution in [-0.2, 0) is 11.8 Å². The van der Waals surface area contributed by atoms with Crippen LogP contribution in [0.5, 0.6) is 0 Å². The van der Waals surface area contributed by atoms with E-state index in [0.717, 1.165) is 0 Å². The van der Waals surface area contributed by atoms with Gasteiger partial charge in [-0.2, -0.15) is 0 Å². The Kier molecular flexibility index (Phi) is 4.42. The Morgan fingerprint density at radius 3 is 2.27 bits per heavy atom. The van der Waals surface area contributed by atoms with Crippen LogP contribution < -0.4 is 10.4 Å². The average Bonchev–Trinajstić information content (AvgIpc) is 2.70. The van der Waals surface area contributed by atoms with Gasteiger partial charge in [-0.1, -0.05) is 62.4 Å². The van der Waals surface area contributed by atoms with E-state index >= 15 is 0 Å². The molecule has 0 saturated carbocycles. The first-order chi connectivity index (χ1) is 12.7. The number of rotatable bonds is 0. The van der Waals surface area contributed by atoms with Gasteiger partial charge in [0.25, 0.3) is 0 Å². The zero-order valence-corrected chi connectivity index (χ0v) is 15.4. The van der Waals surface area contributed by atoms with Gasteiger partial charge in [-0.15, -0.1) is 0 Å². The first-order valence-electron chi connectivity index (χ1n) is 9.32. The summed E-state index contributed by atoms with van der Waals surface area (Å²) in [6.45, 7) is 4.66.